The van der Waals surface area contributed by atoms with Gasteiger partial charge in [0, 0.05) is 11.3 Å². The van der Waals surface area contributed by atoms with Crippen molar-refractivity contribution in [2.75, 3.05) is 10.6 Å². The van der Waals surface area contributed by atoms with Crippen LogP contribution in [0.5, 0.6) is 0 Å². The first-order chi connectivity index (χ1) is 13.8. The monoisotopic (exact) mass is 407 g/mol. The van der Waals surface area contributed by atoms with Crippen LogP contribution in [0.15, 0.2) is 71.6 Å². The highest BCUT2D eigenvalue weighted by Crippen LogP contribution is 2.30. The molecule has 3 aromatic rings. The van der Waals surface area contributed by atoms with Crippen molar-refractivity contribution in [2.45, 2.75) is 24.9 Å². The Kier molecular flexibility index (Phi) is 4.86. The van der Waals surface area contributed by atoms with Crippen molar-refractivity contribution in [1.82, 2.24) is 4.72 Å². The van der Waals surface area contributed by atoms with Crippen molar-refractivity contribution in [3.63, 3.8) is 0 Å². The van der Waals surface area contributed by atoms with Crippen LogP contribution < -0.4 is 15.4 Å². The molecule has 1 atom stereocenters. The summed E-state index contributed by atoms with van der Waals surface area (Å²) in [6.07, 6.45) is -0.605. The average molecular weight is 407 g/mol. The van der Waals surface area contributed by atoms with Crippen molar-refractivity contribution >= 4 is 27.3 Å². The zero-order valence-corrected chi connectivity index (χ0v) is 16.9. The zero-order chi connectivity index (χ0) is 20.6. The van der Waals surface area contributed by atoms with E-state index in [2.05, 4.69) is 15.4 Å². The van der Waals surface area contributed by atoms with Gasteiger partial charge in [-0.1, -0.05) is 30.3 Å². The van der Waals surface area contributed by atoms with Crippen molar-refractivity contribution in [2.24, 2.45) is 0 Å². The molecule has 148 valence electrons. The molecular formula is C22H21N3O3S. The van der Waals surface area contributed by atoms with Gasteiger partial charge in [-0.05, 0) is 66.9 Å². The molecule has 0 saturated heterocycles. The molecule has 7 heteroatoms. The Bertz CT molecular complexity index is 1190. The van der Waals surface area contributed by atoms with Gasteiger partial charge in [-0.25, -0.2) is 8.42 Å². The number of carbonyl (C=O) groups excluding carboxylic acids is 1. The molecule has 1 heterocycles. The Morgan fingerprint density at radius 2 is 1.66 bits per heavy atom. The number of nitrogens with one attached hydrogen (secondary N) is 3. The van der Waals surface area contributed by atoms with Crippen molar-refractivity contribution in [3.8, 4) is 0 Å². The number of hydrogen-bond acceptors (Lipinski definition) is 4. The fourth-order valence-corrected chi connectivity index (χ4v) is 4.53. The summed E-state index contributed by atoms with van der Waals surface area (Å²) in [6, 6.07) is 19.4. The lowest BCUT2D eigenvalue weighted by atomic mass is 10.1. The third-order valence-corrected chi connectivity index (χ3v) is 6.50. The molecule has 0 spiro atoms. The third-order valence-electron chi connectivity index (χ3n) is 5.02. The highest BCUT2D eigenvalue weighted by Gasteiger charge is 2.29. The summed E-state index contributed by atoms with van der Waals surface area (Å²) < 4.78 is 27.6. The fraction of sp³-hybridized carbons (Fsp3) is 0.136. The van der Waals surface area contributed by atoms with Gasteiger partial charge in [-0.15, -0.1) is 0 Å². The van der Waals surface area contributed by atoms with Gasteiger partial charge in [0.2, 0.25) is 10.0 Å². The molecular weight excluding hydrogens is 386 g/mol. The van der Waals surface area contributed by atoms with Gasteiger partial charge in [0.1, 0.15) is 11.1 Å². The molecule has 1 aliphatic rings. The minimum Gasteiger partial charge on any atom is -0.364 e. The number of rotatable bonds is 3. The maximum Gasteiger partial charge on any atom is 0.255 e. The van der Waals surface area contributed by atoms with Crippen LogP contribution >= 0.6 is 0 Å². The molecule has 3 aromatic carbocycles. The van der Waals surface area contributed by atoms with E-state index in [1.54, 1.807) is 48.5 Å². The van der Waals surface area contributed by atoms with Gasteiger partial charge < -0.3 is 10.6 Å². The zero-order valence-electron chi connectivity index (χ0n) is 16.1. The number of amides is 1. The number of aryl methyl sites for hydroxylation is 2. The first-order valence-electron chi connectivity index (χ1n) is 9.20. The Balaban J connectivity index is 1.52. The van der Waals surface area contributed by atoms with Crippen LogP contribution in [0.4, 0.5) is 11.4 Å². The first kappa shape index (κ1) is 19.2. The standard InChI is InChI=1S/C22H21N3O3S/c1-14-7-12-18(13-15(14)2)23-22(26)17-10-8-16(9-11-17)21-24-19-5-3-4-6-20(19)29(27,28)25-21/h3-13,21,24-25H,1-2H3,(H,23,26). The van der Waals surface area contributed by atoms with Crippen LogP contribution in [-0.4, -0.2) is 14.3 Å². The summed E-state index contributed by atoms with van der Waals surface area (Å²) in [6.45, 7) is 4.02. The van der Waals surface area contributed by atoms with Crippen LogP contribution in [0.3, 0.4) is 0 Å². The lowest BCUT2D eigenvalue weighted by molar-refractivity contribution is 0.102. The van der Waals surface area contributed by atoms with Gasteiger partial charge in [-0.3, -0.25) is 4.79 Å². The Hall–Kier alpha value is -3.16. The first-order valence-corrected chi connectivity index (χ1v) is 10.7. The topological polar surface area (TPSA) is 87.3 Å². The predicted octanol–water partition coefficient (Wildman–Crippen LogP) is 3.96. The highest BCUT2D eigenvalue weighted by atomic mass is 32.2. The van der Waals surface area contributed by atoms with E-state index in [1.165, 1.54) is 0 Å². The summed E-state index contributed by atoms with van der Waals surface area (Å²) in [5, 5.41) is 6.06. The van der Waals surface area contributed by atoms with Gasteiger partial charge in [0.15, 0.2) is 0 Å². The predicted molar refractivity (Wildman–Crippen MR) is 113 cm³/mol. The molecule has 0 radical (unpaired) electrons. The van der Waals surface area contributed by atoms with Gasteiger partial charge in [-0.2, -0.15) is 4.72 Å². The fourth-order valence-electron chi connectivity index (χ4n) is 3.22. The second-order valence-corrected chi connectivity index (χ2v) is 8.75. The molecule has 0 bridgehead atoms. The van der Waals surface area contributed by atoms with Crippen LogP contribution in [0.25, 0.3) is 0 Å². The van der Waals surface area contributed by atoms with E-state index in [4.69, 9.17) is 0 Å². The lowest BCUT2D eigenvalue weighted by Crippen LogP contribution is -2.38. The molecule has 0 aromatic heterocycles. The van der Waals surface area contributed by atoms with Gasteiger partial charge in [0.05, 0.1) is 5.69 Å². The maximum atomic E-state index is 12.5. The van der Waals surface area contributed by atoms with E-state index in [0.717, 1.165) is 16.8 Å². The molecule has 4 rings (SSSR count). The molecule has 1 aliphatic heterocycles. The number of anilines is 2. The number of hydrogen-bond donors (Lipinski definition) is 3. The van der Waals surface area contributed by atoms with Crippen molar-refractivity contribution in [1.29, 1.82) is 0 Å². The largest absolute Gasteiger partial charge is 0.364 e. The third kappa shape index (κ3) is 3.87. The van der Waals surface area contributed by atoms with Crippen LogP contribution in [0.2, 0.25) is 0 Å². The quantitative estimate of drug-likeness (QED) is 0.613. The molecule has 6 nitrogen and oxygen atoms in total. The smallest absolute Gasteiger partial charge is 0.255 e. The average Bonchev–Trinajstić information content (AvgIpc) is 2.70. The normalized spacial score (nSPS) is 17.1. The molecule has 29 heavy (non-hydrogen) atoms. The summed E-state index contributed by atoms with van der Waals surface area (Å²) in [5.41, 5.74) is 4.76. The Morgan fingerprint density at radius 3 is 2.38 bits per heavy atom. The van der Waals surface area contributed by atoms with Crippen LogP contribution in [0, 0.1) is 13.8 Å². The summed E-state index contributed by atoms with van der Waals surface area (Å²) >= 11 is 0. The molecule has 0 saturated carbocycles. The van der Waals surface area contributed by atoms with Crippen molar-refractivity contribution in [3.05, 3.63) is 89.0 Å². The minimum absolute atomic E-state index is 0.220. The number of sulfonamides is 1. The van der Waals surface area contributed by atoms with E-state index in [1.807, 2.05) is 32.0 Å². The number of para-hydroxylation sites is 1. The molecule has 3 N–H and O–H groups in total. The van der Waals surface area contributed by atoms with Gasteiger partial charge >= 0.3 is 0 Å². The number of carbonyl (C=O) groups is 1. The number of fused-ring (bicyclic) bond motifs is 1. The van der Waals surface area contributed by atoms with E-state index < -0.39 is 16.2 Å². The van der Waals surface area contributed by atoms with E-state index in [9.17, 15) is 13.2 Å². The minimum atomic E-state index is -3.61. The molecule has 0 aliphatic carbocycles. The highest BCUT2D eigenvalue weighted by molar-refractivity contribution is 7.89. The molecule has 1 unspecified atom stereocenters. The van der Waals surface area contributed by atoms with Crippen LogP contribution in [-0.2, 0) is 10.0 Å². The second kappa shape index (κ2) is 7.35. The van der Waals surface area contributed by atoms with E-state index in [-0.39, 0.29) is 10.8 Å². The lowest BCUT2D eigenvalue weighted by Gasteiger charge is -2.28. The Morgan fingerprint density at radius 1 is 0.931 bits per heavy atom. The molecule has 0 fully saturated rings. The summed E-state index contributed by atoms with van der Waals surface area (Å²) in [7, 11) is -3.61. The SMILES string of the molecule is Cc1ccc(NC(=O)c2ccc(C3Nc4ccccc4S(=O)(=O)N3)cc2)cc1C. The molecule has 1 amide bonds. The van der Waals surface area contributed by atoms with E-state index >= 15 is 0 Å². The van der Waals surface area contributed by atoms with E-state index in [0.29, 0.717) is 16.8 Å². The van der Waals surface area contributed by atoms with Gasteiger partial charge in [0.25, 0.3) is 5.91 Å². The summed E-state index contributed by atoms with van der Waals surface area (Å²) in [4.78, 5) is 12.7. The van der Waals surface area contributed by atoms with Crippen molar-refractivity contribution < 1.29 is 13.2 Å². The van der Waals surface area contributed by atoms with Crippen LogP contribution in [0.1, 0.15) is 33.2 Å². The number of benzene rings is 3. The summed E-state index contributed by atoms with van der Waals surface area (Å²) in [5.74, 6) is -0.220. The maximum absolute atomic E-state index is 12.5. The Labute approximate surface area is 170 Å². The second-order valence-electron chi connectivity index (χ2n) is 7.07.